The van der Waals surface area contributed by atoms with Crippen LogP contribution in [0.3, 0.4) is 0 Å². The van der Waals surface area contributed by atoms with E-state index in [1.54, 1.807) is 6.92 Å². The van der Waals surface area contributed by atoms with E-state index < -0.39 is 6.10 Å². The molecule has 1 unspecified atom stereocenters. The van der Waals surface area contributed by atoms with Crippen molar-refractivity contribution in [3.63, 3.8) is 0 Å². The van der Waals surface area contributed by atoms with Gasteiger partial charge in [0.2, 0.25) is 0 Å². The zero-order valence-electron chi connectivity index (χ0n) is 10.6. The van der Waals surface area contributed by atoms with Crippen molar-refractivity contribution < 1.29 is 10.1 Å². The molecule has 2 rings (SSSR count). The molecule has 0 aliphatic heterocycles. The van der Waals surface area contributed by atoms with E-state index in [1.165, 1.54) is 5.56 Å². The molecule has 0 amide bonds. The summed E-state index contributed by atoms with van der Waals surface area (Å²) in [5.41, 5.74) is 10.7. The third-order valence-corrected chi connectivity index (χ3v) is 3.07. The SMILES string of the molecule is Cc1ccc(-c2ccc(N)c(C(C)OO)c2)cc1. The first-order valence-electron chi connectivity index (χ1n) is 5.88. The lowest BCUT2D eigenvalue weighted by Gasteiger charge is -2.13. The van der Waals surface area contributed by atoms with Crippen LogP contribution < -0.4 is 5.73 Å². The Morgan fingerprint density at radius 3 is 2.28 bits per heavy atom. The molecule has 0 saturated carbocycles. The molecule has 0 saturated heterocycles. The smallest absolute Gasteiger partial charge is 0.117 e. The van der Waals surface area contributed by atoms with Gasteiger partial charge in [0.1, 0.15) is 6.10 Å². The fraction of sp³-hybridized carbons (Fsp3) is 0.200. The summed E-state index contributed by atoms with van der Waals surface area (Å²) in [4.78, 5) is 4.35. The van der Waals surface area contributed by atoms with E-state index >= 15 is 0 Å². The zero-order chi connectivity index (χ0) is 13.1. The topological polar surface area (TPSA) is 55.5 Å². The van der Waals surface area contributed by atoms with E-state index in [1.807, 2.05) is 18.2 Å². The molecule has 0 aliphatic rings. The number of benzene rings is 2. The van der Waals surface area contributed by atoms with Gasteiger partial charge in [-0.3, -0.25) is 5.26 Å². The van der Waals surface area contributed by atoms with Gasteiger partial charge >= 0.3 is 0 Å². The van der Waals surface area contributed by atoms with E-state index in [9.17, 15) is 0 Å². The molecule has 0 radical (unpaired) electrons. The van der Waals surface area contributed by atoms with Gasteiger partial charge in [-0.2, -0.15) is 0 Å². The molecule has 0 bridgehead atoms. The highest BCUT2D eigenvalue weighted by molar-refractivity contribution is 5.68. The summed E-state index contributed by atoms with van der Waals surface area (Å²) < 4.78 is 0. The summed E-state index contributed by atoms with van der Waals surface area (Å²) in [5.74, 6) is 0. The van der Waals surface area contributed by atoms with Crippen molar-refractivity contribution in [2.45, 2.75) is 20.0 Å². The Kier molecular flexibility index (Phi) is 3.65. The van der Waals surface area contributed by atoms with Crippen LogP contribution >= 0.6 is 0 Å². The van der Waals surface area contributed by atoms with Gasteiger partial charge in [-0.15, -0.1) is 0 Å². The molecule has 3 nitrogen and oxygen atoms in total. The van der Waals surface area contributed by atoms with Crippen molar-refractivity contribution >= 4 is 5.69 Å². The van der Waals surface area contributed by atoms with Crippen LogP contribution in [-0.4, -0.2) is 5.26 Å². The minimum Gasteiger partial charge on any atom is -0.398 e. The minimum atomic E-state index is -0.435. The van der Waals surface area contributed by atoms with Crippen LogP contribution in [-0.2, 0) is 4.89 Å². The second-order valence-corrected chi connectivity index (χ2v) is 4.46. The quantitative estimate of drug-likeness (QED) is 0.490. The molecular weight excluding hydrogens is 226 g/mol. The summed E-state index contributed by atoms with van der Waals surface area (Å²) >= 11 is 0. The van der Waals surface area contributed by atoms with Crippen molar-refractivity contribution in [3.8, 4) is 11.1 Å². The predicted molar refractivity (Wildman–Crippen MR) is 73.2 cm³/mol. The maximum Gasteiger partial charge on any atom is 0.117 e. The van der Waals surface area contributed by atoms with Crippen LogP contribution in [0.4, 0.5) is 5.69 Å². The lowest BCUT2D eigenvalue weighted by Crippen LogP contribution is -2.01. The molecule has 0 aliphatic carbocycles. The minimum absolute atomic E-state index is 0.435. The van der Waals surface area contributed by atoms with Crippen LogP contribution in [0.25, 0.3) is 11.1 Å². The van der Waals surface area contributed by atoms with Gasteiger partial charge in [0.05, 0.1) is 0 Å². The highest BCUT2D eigenvalue weighted by Crippen LogP contribution is 2.29. The molecule has 1 atom stereocenters. The average molecular weight is 243 g/mol. The molecule has 2 aromatic rings. The number of nitrogen functional groups attached to an aromatic ring is 1. The number of aryl methyl sites for hydroxylation is 1. The predicted octanol–water partition coefficient (Wildman–Crippen LogP) is 3.79. The van der Waals surface area contributed by atoms with E-state index in [4.69, 9.17) is 11.0 Å². The normalized spacial score (nSPS) is 12.4. The molecule has 3 N–H and O–H groups in total. The lowest BCUT2D eigenvalue weighted by molar-refractivity contribution is -0.276. The second kappa shape index (κ2) is 5.21. The number of nitrogens with two attached hydrogens (primary N) is 1. The van der Waals surface area contributed by atoms with Gasteiger partial charge in [-0.1, -0.05) is 35.9 Å². The van der Waals surface area contributed by atoms with E-state index in [0.29, 0.717) is 5.69 Å². The van der Waals surface area contributed by atoms with Crippen molar-refractivity contribution in [1.29, 1.82) is 0 Å². The Balaban J connectivity index is 2.43. The molecule has 0 heterocycles. The highest BCUT2D eigenvalue weighted by atomic mass is 17.1. The van der Waals surface area contributed by atoms with Gasteiger partial charge in [-0.05, 0) is 37.1 Å². The summed E-state index contributed by atoms with van der Waals surface area (Å²) in [6.45, 7) is 3.81. The fourth-order valence-corrected chi connectivity index (χ4v) is 1.91. The van der Waals surface area contributed by atoms with Gasteiger partial charge in [0, 0.05) is 11.3 Å². The van der Waals surface area contributed by atoms with E-state index in [-0.39, 0.29) is 0 Å². The Labute approximate surface area is 107 Å². The zero-order valence-corrected chi connectivity index (χ0v) is 10.6. The Hall–Kier alpha value is -1.84. The van der Waals surface area contributed by atoms with Gasteiger partial charge < -0.3 is 5.73 Å². The third kappa shape index (κ3) is 2.53. The average Bonchev–Trinajstić information content (AvgIpc) is 2.39. The fourth-order valence-electron chi connectivity index (χ4n) is 1.91. The molecule has 94 valence electrons. The lowest BCUT2D eigenvalue weighted by atomic mass is 9.99. The first-order valence-corrected chi connectivity index (χ1v) is 5.88. The van der Waals surface area contributed by atoms with Crippen LogP contribution in [0, 0.1) is 6.92 Å². The van der Waals surface area contributed by atoms with E-state index in [2.05, 4.69) is 36.1 Å². The summed E-state index contributed by atoms with van der Waals surface area (Å²) in [6.07, 6.45) is -0.435. The maximum atomic E-state index is 8.75. The van der Waals surface area contributed by atoms with Crippen LogP contribution in [0.5, 0.6) is 0 Å². The van der Waals surface area contributed by atoms with Crippen molar-refractivity contribution in [1.82, 2.24) is 0 Å². The molecular formula is C15H17NO2. The van der Waals surface area contributed by atoms with Crippen molar-refractivity contribution in [2.75, 3.05) is 5.73 Å². The van der Waals surface area contributed by atoms with Crippen LogP contribution in [0.15, 0.2) is 42.5 Å². The van der Waals surface area contributed by atoms with Gasteiger partial charge in [0.25, 0.3) is 0 Å². The maximum absolute atomic E-state index is 8.75. The monoisotopic (exact) mass is 243 g/mol. The van der Waals surface area contributed by atoms with Crippen LogP contribution in [0.2, 0.25) is 0 Å². The van der Waals surface area contributed by atoms with Crippen molar-refractivity contribution in [3.05, 3.63) is 53.6 Å². The summed E-state index contributed by atoms with van der Waals surface area (Å²) in [7, 11) is 0. The largest absolute Gasteiger partial charge is 0.398 e. The standard InChI is InChI=1S/C15H17NO2/c1-10-3-5-12(6-4-10)13-7-8-15(16)14(9-13)11(2)18-17/h3-9,11,17H,16H2,1-2H3. The third-order valence-electron chi connectivity index (χ3n) is 3.07. The Morgan fingerprint density at radius 1 is 1.06 bits per heavy atom. The Morgan fingerprint density at radius 2 is 1.67 bits per heavy atom. The number of hydrogen-bond donors (Lipinski definition) is 2. The molecule has 2 aromatic carbocycles. The number of hydrogen-bond acceptors (Lipinski definition) is 3. The highest BCUT2D eigenvalue weighted by Gasteiger charge is 2.10. The molecule has 18 heavy (non-hydrogen) atoms. The number of rotatable bonds is 3. The summed E-state index contributed by atoms with van der Waals surface area (Å²) in [6, 6.07) is 14.0. The van der Waals surface area contributed by atoms with E-state index in [0.717, 1.165) is 16.7 Å². The Bertz CT molecular complexity index is 535. The number of anilines is 1. The summed E-state index contributed by atoms with van der Waals surface area (Å²) in [5, 5.41) is 8.75. The van der Waals surface area contributed by atoms with Gasteiger partial charge in [-0.25, -0.2) is 4.89 Å². The van der Waals surface area contributed by atoms with Crippen molar-refractivity contribution in [2.24, 2.45) is 0 Å². The molecule has 3 heteroatoms. The molecule has 0 spiro atoms. The van der Waals surface area contributed by atoms with Crippen LogP contribution in [0.1, 0.15) is 24.2 Å². The second-order valence-electron chi connectivity index (χ2n) is 4.46. The molecule has 0 aromatic heterocycles. The molecule has 0 fully saturated rings. The first kappa shape index (κ1) is 12.6. The first-order chi connectivity index (χ1) is 8.61. The van der Waals surface area contributed by atoms with Gasteiger partial charge in [0.15, 0.2) is 0 Å².